The van der Waals surface area contributed by atoms with Gasteiger partial charge in [-0.25, -0.2) is 0 Å². The summed E-state index contributed by atoms with van der Waals surface area (Å²) in [6.07, 6.45) is 7.04. The number of hydrogen-bond acceptors (Lipinski definition) is 3. The van der Waals surface area contributed by atoms with Crippen LogP contribution < -0.4 is 5.32 Å². The second-order valence-electron chi connectivity index (χ2n) is 5.56. The predicted molar refractivity (Wildman–Crippen MR) is 77.8 cm³/mol. The van der Waals surface area contributed by atoms with Gasteiger partial charge in [-0.1, -0.05) is 6.92 Å². The van der Waals surface area contributed by atoms with E-state index in [2.05, 4.69) is 28.9 Å². The molecule has 0 aromatic heterocycles. The lowest BCUT2D eigenvalue weighted by Gasteiger charge is -2.25. The van der Waals surface area contributed by atoms with Crippen molar-refractivity contribution >= 4 is 11.8 Å². The highest BCUT2D eigenvalue weighted by atomic mass is 32.2. The van der Waals surface area contributed by atoms with Crippen molar-refractivity contribution in [3.05, 3.63) is 0 Å². The molecular weight excluding hydrogens is 228 g/mol. The second kappa shape index (κ2) is 7.65. The Labute approximate surface area is 111 Å². The van der Waals surface area contributed by atoms with Crippen molar-refractivity contribution < 1.29 is 0 Å². The summed E-state index contributed by atoms with van der Waals surface area (Å²) < 4.78 is 0. The Bertz CT molecular complexity index is 200. The molecule has 100 valence electrons. The third-order valence-corrected chi connectivity index (χ3v) is 5.16. The first-order chi connectivity index (χ1) is 8.38. The number of rotatable bonds is 8. The van der Waals surface area contributed by atoms with Crippen LogP contribution in [0.15, 0.2) is 0 Å². The summed E-state index contributed by atoms with van der Waals surface area (Å²) in [4.78, 5) is 2.70. The molecule has 2 aliphatic rings. The molecule has 0 amide bonds. The predicted octanol–water partition coefficient (Wildman–Crippen LogP) is 2.59. The molecule has 0 bridgehead atoms. The SMILES string of the molecule is CCCN(CCSC1CCNCC1)CC1CC1. The molecule has 2 fully saturated rings. The Morgan fingerprint density at radius 3 is 2.53 bits per heavy atom. The topological polar surface area (TPSA) is 15.3 Å². The van der Waals surface area contributed by atoms with E-state index in [1.807, 2.05) is 0 Å². The molecule has 0 aromatic carbocycles. The van der Waals surface area contributed by atoms with Gasteiger partial charge >= 0.3 is 0 Å². The minimum absolute atomic E-state index is 0.931. The van der Waals surface area contributed by atoms with Gasteiger partial charge in [0.15, 0.2) is 0 Å². The lowest BCUT2D eigenvalue weighted by molar-refractivity contribution is 0.279. The third kappa shape index (κ3) is 5.62. The number of hydrogen-bond donors (Lipinski definition) is 1. The highest BCUT2D eigenvalue weighted by Gasteiger charge is 2.23. The van der Waals surface area contributed by atoms with Crippen molar-refractivity contribution in [2.75, 3.05) is 38.5 Å². The first-order valence-corrected chi connectivity index (χ1v) is 8.48. The van der Waals surface area contributed by atoms with E-state index in [4.69, 9.17) is 0 Å². The molecule has 2 rings (SSSR count). The third-order valence-electron chi connectivity index (χ3n) is 3.80. The average molecular weight is 256 g/mol. The summed E-state index contributed by atoms with van der Waals surface area (Å²) in [5, 5.41) is 4.38. The van der Waals surface area contributed by atoms with Crippen molar-refractivity contribution in [2.45, 2.75) is 44.3 Å². The lowest BCUT2D eigenvalue weighted by Crippen LogP contribution is -2.32. The normalized spacial score (nSPS) is 22.2. The Morgan fingerprint density at radius 1 is 1.12 bits per heavy atom. The van der Waals surface area contributed by atoms with Gasteiger partial charge < -0.3 is 10.2 Å². The zero-order chi connectivity index (χ0) is 11.9. The zero-order valence-electron chi connectivity index (χ0n) is 11.3. The maximum Gasteiger partial charge on any atom is 0.00726 e. The first kappa shape index (κ1) is 13.7. The minimum Gasteiger partial charge on any atom is -0.317 e. The summed E-state index contributed by atoms with van der Waals surface area (Å²) in [5.41, 5.74) is 0. The summed E-state index contributed by atoms with van der Waals surface area (Å²) in [5.74, 6) is 2.39. The second-order valence-corrected chi connectivity index (χ2v) is 6.97. The number of piperidine rings is 1. The Hall–Kier alpha value is 0.270. The molecule has 2 nitrogen and oxygen atoms in total. The molecule has 1 aliphatic carbocycles. The maximum absolute atomic E-state index is 3.44. The van der Waals surface area contributed by atoms with Gasteiger partial charge in [-0.15, -0.1) is 0 Å². The quantitative estimate of drug-likeness (QED) is 0.718. The van der Waals surface area contributed by atoms with Gasteiger partial charge in [0, 0.05) is 24.1 Å². The van der Waals surface area contributed by atoms with Crippen molar-refractivity contribution in [1.29, 1.82) is 0 Å². The van der Waals surface area contributed by atoms with E-state index >= 15 is 0 Å². The van der Waals surface area contributed by atoms with Gasteiger partial charge in [0.25, 0.3) is 0 Å². The van der Waals surface area contributed by atoms with Gasteiger partial charge in [0.1, 0.15) is 0 Å². The molecule has 3 heteroatoms. The Kier molecular flexibility index (Phi) is 6.16. The zero-order valence-corrected chi connectivity index (χ0v) is 12.1. The highest BCUT2D eigenvalue weighted by molar-refractivity contribution is 7.99. The van der Waals surface area contributed by atoms with Crippen molar-refractivity contribution in [2.24, 2.45) is 5.92 Å². The van der Waals surface area contributed by atoms with E-state index in [0.717, 1.165) is 11.2 Å². The van der Waals surface area contributed by atoms with Crippen LogP contribution in [0, 0.1) is 5.92 Å². The summed E-state index contributed by atoms with van der Waals surface area (Å²) in [7, 11) is 0. The van der Waals surface area contributed by atoms with Crippen LogP contribution in [0.25, 0.3) is 0 Å². The van der Waals surface area contributed by atoms with Gasteiger partial charge in [0.05, 0.1) is 0 Å². The molecule has 1 saturated heterocycles. The van der Waals surface area contributed by atoms with E-state index in [1.54, 1.807) is 0 Å². The molecule has 1 saturated carbocycles. The first-order valence-electron chi connectivity index (χ1n) is 7.43. The molecule has 1 heterocycles. The van der Waals surface area contributed by atoms with Crippen molar-refractivity contribution in [3.63, 3.8) is 0 Å². The number of nitrogens with one attached hydrogen (secondary N) is 1. The minimum atomic E-state index is 0.931. The molecule has 0 radical (unpaired) electrons. The monoisotopic (exact) mass is 256 g/mol. The van der Waals surface area contributed by atoms with Crippen LogP contribution >= 0.6 is 11.8 Å². The molecule has 0 spiro atoms. The maximum atomic E-state index is 3.44. The fourth-order valence-corrected chi connectivity index (χ4v) is 3.85. The Morgan fingerprint density at radius 2 is 1.88 bits per heavy atom. The number of nitrogens with zero attached hydrogens (tertiary/aromatic N) is 1. The van der Waals surface area contributed by atoms with Gasteiger partial charge in [-0.05, 0) is 57.7 Å². The van der Waals surface area contributed by atoms with E-state index in [9.17, 15) is 0 Å². The van der Waals surface area contributed by atoms with Crippen LogP contribution in [-0.2, 0) is 0 Å². The fourth-order valence-electron chi connectivity index (χ4n) is 2.59. The van der Waals surface area contributed by atoms with Gasteiger partial charge in [-0.3, -0.25) is 0 Å². The molecule has 0 atom stereocenters. The largest absolute Gasteiger partial charge is 0.317 e. The van der Waals surface area contributed by atoms with Crippen molar-refractivity contribution in [3.8, 4) is 0 Å². The van der Waals surface area contributed by atoms with Gasteiger partial charge in [0.2, 0.25) is 0 Å². The molecule has 1 N–H and O–H groups in total. The van der Waals surface area contributed by atoms with Gasteiger partial charge in [-0.2, -0.15) is 11.8 Å². The van der Waals surface area contributed by atoms with Crippen LogP contribution in [0.3, 0.4) is 0 Å². The molecular formula is C14H28N2S. The molecule has 17 heavy (non-hydrogen) atoms. The van der Waals surface area contributed by atoms with Crippen LogP contribution in [0.4, 0.5) is 0 Å². The van der Waals surface area contributed by atoms with Crippen LogP contribution in [0.1, 0.15) is 39.0 Å². The van der Waals surface area contributed by atoms with Crippen LogP contribution in [0.2, 0.25) is 0 Å². The van der Waals surface area contributed by atoms with E-state index in [1.165, 1.54) is 70.6 Å². The fraction of sp³-hybridized carbons (Fsp3) is 1.00. The number of thioether (sulfide) groups is 1. The average Bonchev–Trinajstić information content (AvgIpc) is 3.15. The van der Waals surface area contributed by atoms with E-state index < -0.39 is 0 Å². The van der Waals surface area contributed by atoms with Crippen molar-refractivity contribution in [1.82, 2.24) is 10.2 Å². The summed E-state index contributed by atoms with van der Waals surface area (Å²) in [6, 6.07) is 0. The Balaban J connectivity index is 1.56. The summed E-state index contributed by atoms with van der Waals surface area (Å²) in [6.45, 7) is 8.78. The van der Waals surface area contributed by atoms with E-state index in [-0.39, 0.29) is 0 Å². The molecule has 0 unspecified atom stereocenters. The van der Waals surface area contributed by atoms with E-state index in [0.29, 0.717) is 0 Å². The van der Waals surface area contributed by atoms with Crippen LogP contribution in [-0.4, -0.2) is 48.6 Å². The highest BCUT2D eigenvalue weighted by Crippen LogP contribution is 2.30. The van der Waals surface area contributed by atoms with Crippen LogP contribution in [0.5, 0.6) is 0 Å². The lowest BCUT2D eigenvalue weighted by atomic mass is 10.2. The smallest absolute Gasteiger partial charge is 0.00726 e. The summed E-state index contributed by atoms with van der Waals surface area (Å²) >= 11 is 2.22. The molecule has 1 aliphatic heterocycles. The molecule has 0 aromatic rings. The standard InChI is InChI=1S/C14H28N2S/c1-2-9-16(12-13-3-4-13)10-11-17-14-5-7-15-8-6-14/h13-15H,2-12H2,1H3.